The first-order valence-electron chi connectivity index (χ1n) is 8.05. The maximum absolute atomic E-state index is 13.7. The van der Waals surface area contributed by atoms with Crippen LogP contribution in [0, 0.1) is 12.7 Å². The molecule has 2 aromatic heterocycles. The van der Waals surface area contributed by atoms with Gasteiger partial charge in [-0.2, -0.15) is 0 Å². The number of hydrogen-bond acceptors (Lipinski definition) is 8. The van der Waals surface area contributed by atoms with E-state index in [0.29, 0.717) is 27.3 Å². The summed E-state index contributed by atoms with van der Waals surface area (Å²) >= 11 is 1.07. The largest absolute Gasteiger partial charge is 0.485 e. The minimum Gasteiger partial charge on any atom is -0.485 e. The Kier molecular flexibility index (Phi) is 5.49. The van der Waals surface area contributed by atoms with Crippen LogP contribution in [0.3, 0.4) is 0 Å². The highest BCUT2D eigenvalue weighted by Crippen LogP contribution is 2.36. The van der Waals surface area contributed by atoms with Crippen LogP contribution in [0.4, 0.5) is 15.9 Å². The number of carboxylic acids is 1. The van der Waals surface area contributed by atoms with Gasteiger partial charge in [-0.25, -0.2) is 19.2 Å². The van der Waals surface area contributed by atoms with E-state index < -0.39 is 17.9 Å². The summed E-state index contributed by atoms with van der Waals surface area (Å²) in [6, 6.07) is 4.00. The number of nitrogens with one attached hydrogen (secondary N) is 1. The number of aryl methyl sites for hydroxylation is 1. The minimum atomic E-state index is -1.03. The summed E-state index contributed by atoms with van der Waals surface area (Å²) in [4.78, 5) is 20.5. The second-order valence-corrected chi connectivity index (χ2v) is 6.74. The summed E-state index contributed by atoms with van der Waals surface area (Å²) in [7, 11) is 0. The number of carbonyl (C=O) groups is 1. The highest BCUT2D eigenvalue weighted by Gasteiger charge is 2.20. The van der Waals surface area contributed by atoms with Crippen molar-refractivity contribution in [2.24, 2.45) is 11.5 Å². The molecule has 0 aliphatic rings. The van der Waals surface area contributed by atoms with Gasteiger partial charge in [0.1, 0.15) is 39.5 Å². The average Bonchev–Trinajstić information content (AvgIpc) is 2.99. The summed E-state index contributed by atoms with van der Waals surface area (Å²) in [5.41, 5.74) is 12.2. The van der Waals surface area contributed by atoms with E-state index in [9.17, 15) is 14.3 Å². The summed E-state index contributed by atoms with van der Waals surface area (Å²) < 4.78 is 19.4. The molecule has 0 bridgehead atoms. The van der Waals surface area contributed by atoms with Gasteiger partial charge in [-0.15, -0.1) is 11.3 Å². The predicted octanol–water partition coefficient (Wildman–Crippen LogP) is 2.25. The third kappa shape index (κ3) is 3.82. The van der Waals surface area contributed by atoms with Crippen LogP contribution in [-0.4, -0.2) is 40.2 Å². The monoisotopic (exact) mass is 391 g/mol. The fourth-order valence-electron chi connectivity index (χ4n) is 2.57. The molecular formula is C17H18FN5O3S. The lowest BCUT2D eigenvalue weighted by atomic mass is 10.2. The summed E-state index contributed by atoms with van der Waals surface area (Å²) in [5, 5.41) is 13.0. The molecule has 142 valence electrons. The Morgan fingerprint density at radius 1 is 1.37 bits per heavy atom. The van der Waals surface area contributed by atoms with Gasteiger partial charge in [0.25, 0.3) is 0 Å². The number of halogens is 1. The van der Waals surface area contributed by atoms with Crippen LogP contribution in [0.15, 0.2) is 24.5 Å². The number of fused-ring (bicyclic) bond motifs is 1. The Morgan fingerprint density at radius 3 is 2.78 bits per heavy atom. The van der Waals surface area contributed by atoms with Gasteiger partial charge >= 0.3 is 5.97 Å². The van der Waals surface area contributed by atoms with Crippen molar-refractivity contribution >= 4 is 39.0 Å². The summed E-state index contributed by atoms with van der Waals surface area (Å²) in [6.07, 6.45) is 0.859. The fourth-order valence-corrected chi connectivity index (χ4v) is 3.55. The van der Waals surface area contributed by atoms with Crippen LogP contribution in [0.1, 0.15) is 15.2 Å². The predicted molar refractivity (Wildman–Crippen MR) is 101 cm³/mol. The number of carboxylic acid groups (broad SMARTS) is 1. The van der Waals surface area contributed by atoms with Gasteiger partial charge in [-0.3, -0.25) is 0 Å². The van der Waals surface area contributed by atoms with Crippen molar-refractivity contribution in [1.29, 1.82) is 0 Å². The van der Waals surface area contributed by atoms with Crippen LogP contribution in [0.25, 0.3) is 10.2 Å². The molecule has 0 aliphatic heterocycles. The minimum absolute atomic E-state index is 0.176. The quantitative estimate of drug-likeness (QED) is 0.481. The van der Waals surface area contributed by atoms with E-state index in [1.807, 2.05) is 0 Å². The number of rotatable bonds is 7. The Labute approximate surface area is 158 Å². The van der Waals surface area contributed by atoms with Gasteiger partial charge < -0.3 is 26.6 Å². The molecule has 0 amide bonds. The molecule has 0 unspecified atom stereocenters. The van der Waals surface area contributed by atoms with Crippen molar-refractivity contribution in [2.45, 2.75) is 13.0 Å². The van der Waals surface area contributed by atoms with Crippen molar-refractivity contribution in [1.82, 2.24) is 9.97 Å². The molecule has 1 aromatic carbocycles. The van der Waals surface area contributed by atoms with E-state index in [0.717, 1.165) is 11.3 Å². The van der Waals surface area contributed by atoms with E-state index in [-0.39, 0.29) is 23.7 Å². The van der Waals surface area contributed by atoms with Gasteiger partial charge in [0.15, 0.2) is 0 Å². The molecule has 3 aromatic rings. The lowest BCUT2D eigenvalue weighted by Gasteiger charge is -2.19. The highest BCUT2D eigenvalue weighted by molar-refractivity contribution is 7.20. The zero-order chi connectivity index (χ0) is 19.6. The molecule has 0 radical (unpaired) electrons. The van der Waals surface area contributed by atoms with Gasteiger partial charge in [-0.1, -0.05) is 0 Å². The molecule has 10 heteroatoms. The molecule has 0 saturated heterocycles. The molecule has 6 N–H and O–H groups in total. The number of aromatic carboxylic acids is 1. The zero-order valence-electron chi connectivity index (χ0n) is 14.4. The maximum Gasteiger partial charge on any atom is 0.346 e. The molecule has 0 fully saturated rings. The second-order valence-electron chi connectivity index (χ2n) is 5.74. The van der Waals surface area contributed by atoms with E-state index >= 15 is 0 Å². The Hall–Kier alpha value is -2.82. The van der Waals surface area contributed by atoms with Crippen molar-refractivity contribution in [3.63, 3.8) is 0 Å². The highest BCUT2D eigenvalue weighted by atomic mass is 32.1. The number of nitrogens with two attached hydrogens (primary N) is 2. The summed E-state index contributed by atoms with van der Waals surface area (Å²) in [6.45, 7) is 2.05. The van der Waals surface area contributed by atoms with Crippen LogP contribution in [0.2, 0.25) is 0 Å². The third-order valence-electron chi connectivity index (χ3n) is 3.94. The second kappa shape index (κ2) is 7.82. The average molecular weight is 391 g/mol. The molecule has 2 heterocycles. The van der Waals surface area contributed by atoms with Crippen molar-refractivity contribution < 1.29 is 19.0 Å². The van der Waals surface area contributed by atoms with E-state index in [4.69, 9.17) is 16.2 Å². The molecule has 27 heavy (non-hydrogen) atoms. The maximum atomic E-state index is 13.7. The summed E-state index contributed by atoms with van der Waals surface area (Å²) in [5.74, 6) is -0.874. The first kappa shape index (κ1) is 19.0. The molecule has 0 spiro atoms. The van der Waals surface area contributed by atoms with E-state index in [2.05, 4.69) is 15.3 Å². The van der Waals surface area contributed by atoms with Crippen molar-refractivity contribution in [3.8, 4) is 5.75 Å². The molecule has 0 saturated carbocycles. The number of nitrogens with zero attached hydrogens (tertiary/aromatic N) is 2. The standard InChI is InChI=1S/C17H18FN5O3S/c1-8-13-15(21-7-22-16(13)27-14(8)17(24)25)23-11-3-2-9(18)4-12(11)26-10(5-19)6-20/h2-4,7,10H,5-6,19-20H2,1H3,(H,24,25)(H,21,22,23). The zero-order valence-corrected chi connectivity index (χ0v) is 15.2. The SMILES string of the molecule is Cc1c(C(=O)O)sc2ncnc(Nc3ccc(F)cc3OC(CN)CN)c12. The smallest absolute Gasteiger partial charge is 0.346 e. The molecule has 3 rings (SSSR count). The van der Waals surface area contributed by atoms with Crippen LogP contribution in [0.5, 0.6) is 5.75 Å². The van der Waals surface area contributed by atoms with Crippen molar-refractivity contribution in [3.05, 3.63) is 40.8 Å². The topological polar surface area (TPSA) is 136 Å². The Morgan fingerprint density at radius 2 is 2.11 bits per heavy atom. The lowest BCUT2D eigenvalue weighted by Crippen LogP contribution is -2.34. The number of aromatic nitrogens is 2. The first-order valence-corrected chi connectivity index (χ1v) is 8.87. The number of anilines is 2. The Balaban J connectivity index is 2.04. The Bertz CT molecular complexity index is 990. The number of ether oxygens (including phenoxy) is 1. The normalized spacial score (nSPS) is 11.1. The number of thiophene rings is 1. The van der Waals surface area contributed by atoms with Crippen LogP contribution in [-0.2, 0) is 0 Å². The van der Waals surface area contributed by atoms with Crippen LogP contribution >= 0.6 is 11.3 Å². The van der Waals surface area contributed by atoms with E-state index in [1.54, 1.807) is 6.92 Å². The van der Waals surface area contributed by atoms with E-state index in [1.165, 1.54) is 24.5 Å². The molecule has 0 aliphatic carbocycles. The number of hydrogen-bond donors (Lipinski definition) is 4. The van der Waals surface area contributed by atoms with Gasteiger partial charge in [0.05, 0.1) is 11.1 Å². The molecule has 8 nitrogen and oxygen atoms in total. The first-order chi connectivity index (χ1) is 12.9. The van der Waals surface area contributed by atoms with Gasteiger partial charge in [0, 0.05) is 19.2 Å². The molecular weight excluding hydrogens is 373 g/mol. The van der Waals surface area contributed by atoms with Gasteiger partial charge in [-0.05, 0) is 24.6 Å². The van der Waals surface area contributed by atoms with Gasteiger partial charge in [0.2, 0.25) is 0 Å². The van der Waals surface area contributed by atoms with Crippen LogP contribution < -0.4 is 21.5 Å². The van der Waals surface area contributed by atoms with Crippen molar-refractivity contribution in [2.75, 3.05) is 18.4 Å². The number of benzene rings is 1. The fraction of sp³-hybridized carbons (Fsp3) is 0.235. The lowest BCUT2D eigenvalue weighted by molar-refractivity contribution is 0.0701. The third-order valence-corrected chi connectivity index (χ3v) is 5.13. The molecule has 0 atom stereocenters.